The molecule has 0 rings (SSSR count). The molecule has 0 heterocycles. The molecule has 104 valence electrons. The highest BCUT2D eigenvalue weighted by Gasteiger charge is 2.22. The summed E-state index contributed by atoms with van der Waals surface area (Å²) >= 11 is 0. The highest BCUT2D eigenvalue weighted by molar-refractivity contribution is 7.90. The number of nitrogens with one attached hydrogen (secondary N) is 1. The van der Waals surface area contributed by atoms with Crippen LogP contribution in [0.3, 0.4) is 0 Å². The van der Waals surface area contributed by atoms with Crippen LogP contribution < -0.4 is 5.32 Å². The van der Waals surface area contributed by atoms with Crippen LogP contribution in [0.1, 0.15) is 20.8 Å². The third-order valence-electron chi connectivity index (χ3n) is 2.35. The summed E-state index contributed by atoms with van der Waals surface area (Å²) in [6, 6.07) is 0.322. The van der Waals surface area contributed by atoms with Crippen LogP contribution in [0.2, 0.25) is 0 Å². The van der Waals surface area contributed by atoms with E-state index in [4.69, 9.17) is 0 Å². The van der Waals surface area contributed by atoms with Crippen LogP contribution in [0.15, 0.2) is 0 Å². The first-order valence-electron chi connectivity index (χ1n) is 5.84. The monoisotopic (exact) mass is 266 g/mol. The van der Waals surface area contributed by atoms with Crippen molar-refractivity contribution in [2.24, 2.45) is 0 Å². The molecule has 0 aromatic carbocycles. The summed E-state index contributed by atoms with van der Waals surface area (Å²) in [6.07, 6.45) is 1.22. The van der Waals surface area contributed by atoms with E-state index in [-0.39, 0.29) is 5.75 Å². The van der Waals surface area contributed by atoms with Crippen molar-refractivity contribution in [1.29, 1.82) is 0 Å². The Kier molecular flexibility index (Phi) is 6.61. The zero-order valence-electron chi connectivity index (χ0n) is 11.5. The van der Waals surface area contributed by atoms with Gasteiger partial charge in [-0.25, -0.2) is 8.42 Å². The number of nitrogens with zero attached hydrogens (tertiary/aromatic N) is 1. The van der Waals surface area contributed by atoms with E-state index >= 15 is 0 Å². The van der Waals surface area contributed by atoms with Crippen LogP contribution in [-0.2, 0) is 9.84 Å². The number of likely N-dealkylation sites (N-methyl/N-ethyl adjacent to an activating group) is 1. The molecule has 5 nitrogen and oxygen atoms in total. The standard InChI is InChI=1S/C11H26N2O3S/c1-10(2)12-8-11(3,14)9-13(4)6-7-17(5,15)16/h10,12,14H,6-9H2,1-5H3. The lowest BCUT2D eigenvalue weighted by atomic mass is 10.1. The fourth-order valence-corrected chi connectivity index (χ4v) is 2.11. The Bertz CT molecular complexity index is 313. The van der Waals surface area contributed by atoms with E-state index in [0.29, 0.717) is 25.7 Å². The molecule has 17 heavy (non-hydrogen) atoms. The molecule has 0 spiro atoms. The van der Waals surface area contributed by atoms with Crippen LogP contribution in [0.5, 0.6) is 0 Å². The van der Waals surface area contributed by atoms with Gasteiger partial charge in [-0.3, -0.25) is 0 Å². The Labute approximate surface area is 105 Å². The quantitative estimate of drug-likeness (QED) is 0.632. The molecule has 0 saturated carbocycles. The lowest BCUT2D eigenvalue weighted by Crippen LogP contribution is -2.48. The Balaban J connectivity index is 4.04. The topological polar surface area (TPSA) is 69.6 Å². The molecule has 0 bridgehead atoms. The number of sulfone groups is 1. The molecule has 2 N–H and O–H groups in total. The second kappa shape index (κ2) is 6.68. The van der Waals surface area contributed by atoms with Crippen LogP contribution in [-0.4, -0.2) is 68.8 Å². The van der Waals surface area contributed by atoms with Gasteiger partial charge in [0.05, 0.1) is 11.4 Å². The average molecular weight is 266 g/mol. The normalized spacial score (nSPS) is 16.5. The molecule has 0 aromatic rings. The Morgan fingerprint density at radius 2 is 1.94 bits per heavy atom. The van der Waals surface area contributed by atoms with E-state index in [1.54, 1.807) is 6.92 Å². The van der Waals surface area contributed by atoms with E-state index in [9.17, 15) is 13.5 Å². The SMILES string of the molecule is CC(C)NCC(C)(O)CN(C)CCS(C)(=O)=O. The van der Waals surface area contributed by atoms with Crippen molar-refractivity contribution in [1.82, 2.24) is 10.2 Å². The largest absolute Gasteiger partial charge is 0.388 e. The molecule has 0 aliphatic rings. The van der Waals surface area contributed by atoms with Gasteiger partial charge in [0.25, 0.3) is 0 Å². The fourth-order valence-electron chi connectivity index (χ4n) is 1.46. The lowest BCUT2D eigenvalue weighted by Gasteiger charge is -2.30. The van der Waals surface area contributed by atoms with Crippen molar-refractivity contribution < 1.29 is 13.5 Å². The highest BCUT2D eigenvalue weighted by atomic mass is 32.2. The van der Waals surface area contributed by atoms with Gasteiger partial charge in [0.2, 0.25) is 0 Å². The van der Waals surface area contributed by atoms with E-state index in [1.807, 2.05) is 25.8 Å². The summed E-state index contributed by atoms with van der Waals surface area (Å²) in [5, 5.41) is 13.3. The van der Waals surface area contributed by atoms with Crippen molar-refractivity contribution in [2.75, 3.05) is 38.7 Å². The predicted octanol–water partition coefficient (Wildman–Crippen LogP) is -0.288. The summed E-state index contributed by atoms with van der Waals surface area (Å²) in [4.78, 5) is 1.84. The third-order valence-corrected chi connectivity index (χ3v) is 3.27. The van der Waals surface area contributed by atoms with E-state index in [1.165, 1.54) is 6.26 Å². The molecule has 0 saturated heterocycles. The molecular formula is C11H26N2O3S. The predicted molar refractivity (Wildman–Crippen MR) is 71.0 cm³/mol. The summed E-state index contributed by atoms with van der Waals surface area (Å²) in [7, 11) is -1.12. The number of rotatable bonds is 8. The molecule has 0 fully saturated rings. The van der Waals surface area contributed by atoms with E-state index in [0.717, 1.165) is 0 Å². The molecular weight excluding hydrogens is 240 g/mol. The molecule has 6 heteroatoms. The lowest BCUT2D eigenvalue weighted by molar-refractivity contribution is 0.0274. The van der Waals surface area contributed by atoms with Crippen LogP contribution in [0.25, 0.3) is 0 Å². The minimum atomic E-state index is -2.94. The van der Waals surface area contributed by atoms with Crippen LogP contribution in [0.4, 0.5) is 0 Å². The second-order valence-corrected chi connectivity index (χ2v) is 7.66. The molecule has 0 aliphatic carbocycles. The number of aliphatic hydroxyl groups is 1. The molecule has 0 radical (unpaired) electrons. The van der Waals surface area contributed by atoms with Gasteiger partial charge in [0.15, 0.2) is 0 Å². The second-order valence-electron chi connectivity index (χ2n) is 5.40. The molecule has 1 unspecified atom stereocenters. The maximum Gasteiger partial charge on any atom is 0.148 e. The van der Waals surface area contributed by atoms with Crippen molar-refractivity contribution in [3.05, 3.63) is 0 Å². The van der Waals surface area contributed by atoms with Crippen molar-refractivity contribution in [3.8, 4) is 0 Å². The van der Waals surface area contributed by atoms with Gasteiger partial charge in [-0.1, -0.05) is 13.8 Å². The zero-order valence-corrected chi connectivity index (χ0v) is 12.3. The smallest absolute Gasteiger partial charge is 0.148 e. The molecule has 0 amide bonds. The van der Waals surface area contributed by atoms with Gasteiger partial charge < -0.3 is 15.3 Å². The Morgan fingerprint density at radius 3 is 2.35 bits per heavy atom. The Hall–Kier alpha value is -0.170. The van der Waals surface area contributed by atoms with Gasteiger partial charge in [0, 0.05) is 31.9 Å². The van der Waals surface area contributed by atoms with Gasteiger partial charge in [-0.2, -0.15) is 0 Å². The molecule has 0 aromatic heterocycles. The van der Waals surface area contributed by atoms with Gasteiger partial charge >= 0.3 is 0 Å². The van der Waals surface area contributed by atoms with Gasteiger partial charge in [-0.15, -0.1) is 0 Å². The molecule has 0 aliphatic heterocycles. The van der Waals surface area contributed by atoms with E-state index < -0.39 is 15.4 Å². The first-order valence-corrected chi connectivity index (χ1v) is 7.90. The van der Waals surface area contributed by atoms with Crippen molar-refractivity contribution in [3.63, 3.8) is 0 Å². The first-order chi connectivity index (χ1) is 7.52. The van der Waals surface area contributed by atoms with Crippen LogP contribution >= 0.6 is 0 Å². The summed E-state index contributed by atoms with van der Waals surface area (Å²) in [6.45, 7) is 7.17. The molecule has 1 atom stereocenters. The maximum atomic E-state index is 11.0. The van der Waals surface area contributed by atoms with Crippen LogP contribution in [0, 0.1) is 0 Å². The van der Waals surface area contributed by atoms with Gasteiger partial charge in [0.1, 0.15) is 9.84 Å². The van der Waals surface area contributed by atoms with Crippen molar-refractivity contribution in [2.45, 2.75) is 32.4 Å². The Morgan fingerprint density at radius 1 is 1.41 bits per heavy atom. The highest BCUT2D eigenvalue weighted by Crippen LogP contribution is 2.04. The van der Waals surface area contributed by atoms with Gasteiger partial charge in [-0.05, 0) is 14.0 Å². The summed E-state index contributed by atoms with van der Waals surface area (Å²) in [5.74, 6) is 0.122. The summed E-state index contributed by atoms with van der Waals surface area (Å²) in [5.41, 5.74) is -0.851. The zero-order chi connectivity index (χ0) is 13.7. The summed E-state index contributed by atoms with van der Waals surface area (Å²) < 4.78 is 22.0. The third kappa shape index (κ3) is 10.7. The first kappa shape index (κ1) is 16.8. The number of hydrogen-bond acceptors (Lipinski definition) is 5. The average Bonchev–Trinajstić information content (AvgIpc) is 2.10. The van der Waals surface area contributed by atoms with E-state index in [2.05, 4.69) is 5.32 Å². The fraction of sp³-hybridized carbons (Fsp3) is 1.00. The maximum absolute atomic E-state index is 11.0. The minimum absolute atomic E-state index is 0.122. The minimum Gasteiger partial charge on any atom is -0.388 e. The van der Waals surface area contributed by atoms with Crippen molar-refractivity contribution >= 4 is 9.84 Å². The number of hydrogen-bond donors (Lipinski definition) is 2.